The normalized spacial score (nSPS) is 11.4. The summed E-state index contributed by atoms with van der Waals surface area (Å²) in [7, 11) is -3.72. The van der Waals surface area contributed by atoms with E-state index in [1.807, 2.05) is 13.8 Å². The largest absolute Gasteiger partial charge is 0.264 e. The van der Waals surface area contributed by atoms with Crippen molar-refractivity contribution in [2.24, 2.45) is 0 Å². The van der Waals surface area contributed by atoms with Gasteiger partial charge in [0.05, 0.1) is 4.90 Å². The highest BCUT2D eigenvalue weighted by Gasteiger charge is 2.16. The Kier molecular flexibility index (Phi) is 3.96. The van der Waals surface area contributed by atoms with E-state index < -0.39 is 10.0 Å². The van der Waals surface area contributed by atoms with Crippen LogP contribution in [0.25, 0.3) is 0 Å². The smallest absolute Gasteiger partial charge is 0.247 e. The number of rotatable bonds is 3. The van der Waals surface area contributed by atoms with Gasteiger partial charge in [0.1, 0.15) is 5.15 Å². The number of nitrogens with one attached hydrogen (secondary N) is 1. The molecule has 2 rings (SSSR count). The van der Waals surface area contributed by atoms with Gasteiger partial charge in [-0.2, -0.15) is 0 Å². The van der Waals surface area contributed by atoms with Gasteiger partial charge in [0.25, 0.3) is 10.0 Å². The van der Waals surface area contributed by atoms with E-state index in [2.05, 4.69) is 14.7 Å². The standard InChI is InChI=1S/C13H14ClN3O2S/c1-8-4-5-11(6-9(8)2)20(18,19)17-13-15-10(3)7-12(14)16-13/h4-7H,1-3H3,(H,15,16,17). The van der Waals surface area contributed by atoms with Gasteiger partial charge < -0.3 is 0 Å². The molecule has 0 amide bonds. The Balaban J connectivity index is 2.37. The summed E-state index contributed by atoms with van der Waals surface area (Å²) in [6.07, 6.45) is 0. The highest BCUT2D eigenvalue weighted by Crippen LogP contribution is 2.18. The molecule has 0 aliphatic rings. The third-order valence-electron chi connectivity index (χ3n) is 2.84. The molecule has 7 heteroatoms. The molecular formula is C13H14ClN3O2S. The van der Waals surface area contributed by atoms with Crippen molar-refractivity contribution in [1.82, 2.24) is 9.97 Å². The van der Waals surface area contributed by atoms with Crippen molar-refractivity contribution in [3.63, 3.8) is 0 Å². The number of hydrogen-bond acceptors (Lipinski definition) is 4. The predicted octanol–water partition coefficient (Wildman–Crippen LogP) is 2.86. The molecule has 0 spiro atoms. The van der Waals surface area contributed by atoms with Gasteiger partial charge in [-0.05, 0) is 50.1 Å². The summed E-state index contributed by atoms with van der Waals surface area (Å²) in [4.78, 5) is 8.02. The zero-order chi connectivity index (χ0) is 14.9. The van der Waals surface area contributed by atoms with E-state index in [9.17, 15) is 8.42 Å². The maximum atomic E-state index is 12.3. The summed E-state index contributed by atoms with van der Waals surface area (Å²) < 4.78 is 26.8. The highest BCUT2D eigenvalue weighted by molar-refractivity contribution is 7.92. The molecule has 5 nitrogen and oxygen atoms in total. The first-order valence-electron chi connectivity index (χ1n) is 5.89. The van der Waals surface area contributed by atoms with Crippen molar-refractivity contribution >= 4 is 27.6 Å². The quantitative estimate of drug-likeness (QED) is 0.885. The van der Waals surface area contributed by atoms with Crippen LogP contribution in [0.15, 0.2) is 29.2 Å². The number of sulfonamides is 1. The summed E-state index contributed by atoms with van der Waals surface area (Å²) in [5, 5.41) is 0.190. The van der Waals surface area contributed by atoms with E-state index in [1.54, 1.807) is 31.2 Å². The second kappa shape index (κ2) is 5.38. The second-order valence-corrected chi connectivity index (χ2v) is 6.58. The van der Waals surface area contributed by atoms with E-state index in [-0.39, 0.29) is 16.0 Å². The van der Waals surface area contributed by atoms with Gasteiger partial charge in [-0.3, -0.25) is 0 Å². The fourth-order valence-electron chi connectivity index (χ4n) is 1.64. The fourth-order valence-corrected chi connectivity index (χ4v) is 2.90. The van der Waals surface area contributed by atoms with Crippen LogP contribution in [0.2, 0.25) is 5.15 Å². The maximum Gasteiger partial charge on any atom is 0.264 e. The molecule has 1 N–H and O–H groups in total. The van der Waals surface area contributed by atoms with E-state index >= 15 is 0 Å². The van der Waals surface area contributed by atoms with Crippen molar-refractivity contribution in [3.05, 3.63) is 46.2 Å². The molecule has 106 valence electrons. The van der Waals surface area contributed by atoms with E-state index in [0.717, 1.165) is 11.1 Å². The van der Waals surface area contributed by atoms with E-state index in [1.165, 1.54) is 0 Å². The number of aryl methyl sites for hydroxylation is 3. The summed E-state index contributed by atoms with van der Waals surface area (Å²) in [6.45, 7) is 5.48. The Bertz CT molecular complexity index is 740. The second-order valence-electron chi connectivity index (χ2n) is 4.51. The third kappa shape index (κ3) is 3.26. The first-order valence-corrected chi connectivity index (χ1v) is 7.75. The van der Waals surface area contributed by atoms with Gasteiger partial charge in [-0.25, -0.2) is 23.1 Å². The first-order chi connectivity index (χ1) is 9.28. The van der Waals surface area contributed by atoms with Gasteiger partial charge in [-0.1, -0.05) is 17.7 Å². The monoisotopic (exact) mass is 311 g/mol. The summed E-state index contributed by atoms with van der Waals surface area (Å²) in [6, 6.07) is 6.46. The van der Waals surface area contributed by atoms with Gasteiger partial charge in [0, 0.05) is 5.69 Å². The minimum atomic E-state index is -3.72. The molecule has 1 aromatic carbocycles. The van der Waals surface area contributed by atoms with Gasteiger partial charge in [0.15, 0.2) is 0 Å². The Morgan fingerprint density at radius 3 is 2.35 bits per heavy atom. The molecule has 0 atom stereocenters. The number of aromatic nitrogens is 2. The molecule has 0 fully saturated rings. The maximum absolute atomic E-state index is 12.3. The molecule has 1 aromatic heterocycles. The van der Waals surface area contributed by atoms with Crippen LogP contribution in [0.4, 0.5) is 5.95 Å². The van der Waals surface area contributed by atoms with Crippen LogP contribution in [0.3, 0.4) is 0 Å². The number of anilines is 1. The van der Waals surface area contributed by atoms with E-state index in [4.69, 9.17) is 11.6 Å². The summed E-state index contributed by atoms with van der Waals surface area (Å²) >= 11 is 5.79. The summed E-state index contributed by atoms with van der Waals surface area (Å²) in [5.41, 5.74) is 2.51. The molecule has 0 aliphatic carbocycles. The SMILES string of the molecule is Cc1cc(Cl)nc(NS(=O)(=O)c2ccc(C)c(C)c2)n1. The lowest BCUT2D eigenvalue weighted by Gasteiger charge is -2.09. The van der Waals surface area contributed by atoms with Crippen LogP contribution in [0, 0.1) is 20.8 Å². The topological polar surface area (TPSA) is 72.0 Å². The van der Waals surface area contributed by atoms with Gasteiger partial charge >= 0.3 is 0 Å². The highest BCUT2D eigenvalue weighted by atomic mass is 35.5. The predicted molar refractivity (Wildman–Crippen MR) is 78.5 cm³/mol. The minimum Gasteiger partial charge on any atom is -0.247 e. The molecule has 0 aliphatic heterocycles. The Morgan fingerprint density at radius 1 is 1.05 bits per heavy atom. The Labute approximate surface area is 123 Å². The average molecular weight is 312 g/mol. The number of hydrogen-bond donors (Lipinski definition) is 1. The molecule has 2 aromatic rings. The molecule has 0 unspecified atom stereocenters. The minimum absolute atomic E-state index is 0.0340. The number of benzene rings is 1. The summed E-state index contributed by atoms with van der Waals surface area (Å²) in [5.74, 6) is -0.0340. The van der Waals surface area contributed by atoms with Crippen molar-refractivity contribution in [3.8, 4) is 0 Å². The average Bonchev–Trinajstić information content (AvgIpc) is 2.30. The Morgan fingerprint density at radius 2 is 1.75 bits per heavy atom. The van der Waals surface area contributed by atoms with E-state index in [0.29, 0.717) is 5.69 Å². The van der Waals surface area contributed by atoms with Crippen LogP contribution in [-0.2, 0) is 10.0 Å². The van der Waals surface area contributed by atoms with Crippen molar-refractivity contribution in [1.29, 1.82) is 0 Å². The molecule has 20 heavy (non-hydrogen) atoms. The van der Waals surface area contributed by atoms with Crippen molar-refractivity contribution < 1.29 is 8.42 Å². The third-order valence-corrected chi connectivity index (χ3v) is 4.36. The molecule has 0 radical (unpaired) electrons. The molecule has 1 heterocycles. The van der Waals surface area contributed by atoms with Crippen molar-refractivity contribution in [2.45, 2.75) is 25.7 Å². The van der Waals surface area contributed by atoms with Crippen LogP contribution in [0.1, 0.15) is 16.8 Å². The lowest BCUT2D eigenvalue weighted by Crippen LogP contribution is -2.15. The van der Waals surface area contributed by atoms with Crippen LogP contribution >= 0.6 is 11.6 Å². The van der Waals surface area contributed by atoms with Crippen LogP contribution < -0.4 is 4.72 Å². The fraction of sp³-hybridized carbons (Fsp3) is 0.231. The zero-order valence-electron chi connectivity index (χ0n) is 11.3. The lowest BCUT2D eigenvalue weighted by molar-refractivity contribution is 0.600. The Hall–Kier alpha value is -1.66. The van der Waals surface area contributed by atoms with Gasteiger partial charge in [-0.15, -0.1) is 0 Å². The molecular weight excluding hydrogens is 298 g/mol. The number of halogens is 1. The zero-order valence-corrected chi connectivity index (χ0v) is 12.9. The molecule has 0 bridgehead atoms. The van der Waals surface area contributed by atoms with Gasteiger partial charge in [0.2, 0.25) is 5.95 Å². The lowest BCUT2D eigenvalue weighted by atomic mass is 10.1. The molecule has 0 saturated carbocycles. The van der Waals surface area contributed by atoms with Crippen LogP contribution in [-0.4, -0.2) is 18.4 Å². The number of nitrogens with zero attached hydrogens (tertiary/aromatic N) is 2. The van der Waals surface area contributed by atoms with Crippen molar-refractivity contribution in [2.75, 3.05) is 4.72 Å². The van der Waals surface area contributed by atoms with Crippen LogP contribution in [0.5, 0.6) is 0 Å². The molecule has 0 saturated heterocycles. The first kappa shape index (κ1) is 14.7.